The van der Waals surface area contributed by atoms with Gasteiger partial charge in [-0.1, -0.05) is 31.4 Å². The maximum Gasteiger partial charge on any atom is 0.224 e. The van der Waals surface area contributed by atoms with Crippen LogP contribution in [0.3, 0.4) is 0 Å². The van der Waals surface area contributed by atoms with Crippen molar-refractivity contribution in [2.75, 3.05) is 19.0 Å². The van der Waals surface area contributed by atoms with E-state index in [-0.39, 0.29) is 29.8 Å². The van der Waals surface area contributed by atoms with Crippen molar-refractivity contribution in [1.29, 1.82) is 0 Å². The normalized spacial score (nSPS) is 17.9. The standard InChI is InChI=1S/C18H28N2O2.ClH/c1-14(22-2)15-7-6-8-16(11-15)20-17(21)12-18(13-19)9-4-3-5-10-18;/h6-8,11,14H,3-5,9-10,12-13,19H2,1-2H3,(H,20,21);1H. The zero-order valence-corrected chi connectivity index (χ0v) is 15.0. The van der Waals surface area contributed by atoms with Crippen LogP contribution in [0.2, 0.25) is 0 Å². The first-order valence-electron chi connectivity index (χ1n) is 8.21. The maximum atomic E-state index is 12.4. The minimum Gasteiger partial charge on any atom is -0.377 e. The van der Waals surface area contributed by atoms with E-state index in [1.54, 1.807) is 7.11 Å². The van der Waals surface area contributed by atoms with E-state index in [9.17, 15) is 4.79 Å². The Morgan fingerprint density at radius 3 is 2.65 bits per heavy atom. The van der Waals surface area contributed by atoms with Gasteiger partial charge in [0.2, 0.25) is 5.91 Å². The molecule has 1 atom stereocenters. The molecule has 2 rings (SSSR count). The third-order valence-electron chi connectivity index (χ3n) is 4.88. The first-order valence-corrected chi connectivity index (χ1v) is 8.21. The lowest BCUT2D eigenvalue weighted by atomic mass is 9.71. The van der Waals surface area contributed by atoms with E-state index < -0.39 is 0 Å². The number of rotatable bonds is 6. The van der Waals surface area contributed by atoms with Gasteiger partial charge in [0.1, 0.15) is 0 Å². The summed E-state index contributed by atoms with van der Waals surface area (Å²) in [5, 5.41) is 3.02. The largest absolute Gasteiger partial charge is 0.377 e. The number of hydrogen-bond donors (Lipinski definition) is 2. The van der Waals surface area contributed by atoms with Gasteiger partial charge in [-0.2, -0.15) is 0 Å². The average molecular weight is 341 g/mol. The number of nitrogens with two attached hydrogens (primary N) is 1. The monoisotopic (exact) mass is 340 g/mol. The molecule has 0 spiro atoms. The molecular weight excluding hydrogens is 312 g/mol. The van der Waals surface area contributed by atoms with Crippen molar-refractivity contribution in [2.24, 2.45) is 11.1 Å². The molecule has 1 saturated carbocycles. The fourth-order valence-corrected chi connectivity index (χ4v) is 3.31. The lowest BCUT2D eigenvalue weighted by Gasteiger charge is -2.35. The van der Waals surface area contributed by atoms with E-state index in [0.29, 0.717) is 13.0 Å². The van der Waals surface area contributed by atoms with Crippen LogP contribution in [-0.2, 0) is 9.53 Å². The molecule has 0 bridgehead atoms. The Bertz CT molecular complexity index is 502. The fourth-order valence-electron chi connectivity index (χ4n) is 3.31. The van der Waals surface area contributed by atoms with Crippen LogP contribution in [0.4, 0.5) is 5.69 Å². The minimum absolute atomic E-state index is 0. The third-order valence-corrected chi connectivity index (χ3v) is 4.88. The highest BCUT2D eigenvalue weighted by Gasteiger charge is 2.32. The van der Waals surface area contributed by atoms with Crippen molar-refractivity contribution in [2.45, 2.75) is 51.6 Å². The molecule has 1 unspecified atom stereocenters. The highest BCUT2D eigenvalue weighted by Crippen LogP contribution is 2.38. The van der Waals surface area contributed by atoms with Crippen LogP contribution in [0, 0.1) is 5.41 Å². The SMILES string of the molecule is COC(C)c1cccc(NC(=O)CC2(CN)CCCCC2)c1.Cl. The van der Waals surface area contributed by atoms with Crippen molar-refractivity contribution in [3.63, 3.8) is 0 Å². The van der Waals surface area contributed by atoms with Crippen molar-refractivity contribution in [1.82, 2.24) is 0 Å². The first-order chi connectivity index (χ1) is 10.6. The van der Waals surface area contributed by atoms with Gasteiger partial charge in [0.05, 0.1) is 6.10 Å². The van der Waals surface area contributed by atoms with Crippen LogP contribution in [0.25, 0.3) is 0 Å². The molecule has 0 aliphatic heterocycles. The minimum atomic E-state index is -0.000233. The fraction of sp³-hybridized carbons (Fsp3) is 0.611. The molecule has 4 nitrogen and oxygen atoms in total. The Hall–Kier alpha value is -1.10. The first kappa shape index (κ1) is 19.9. The smallest absolute Gasteiger partial charge is 0.224 e. The number of halogens is 1. The van der Waals surface area contributed by atoms with Gasteiger partial charge in [-0.3, -0.25) is 4.79 Å². The van der Waals surface area contributed by atoms with E-state index in [4.69, 9.17) is 10.5 Å². The highest BCUT2D eigenvalue weighted by atomic mass is 35.5. The molecule has 3 N–H and O–H groups in total. The zero-order chi connectivity index (χ0) is 16.0. The Morgan fingerprint density at radius 2 is 2.04 bits per heavy atom. The van der Waals surface area contributed by atoms with Gasteiger partial charge >= 0.3 is 0 Å². The summed E-state index contributed by atoms with van der Waals surface area (Å²) in [5.41, 5.74) is 7.85. The summed E-state index contributed by atoms with van der Waals surface area (Å²) in [6.45, 7) is 2.59. The van der Waals surface area contributed by atoms with Gasteiger partial charge in [-0.05, 0) is 49.4 Å². The second kappa shape index (κ2) is 9.26. The van der Waals surface area contributed by atoms with Gasteiger partial charge in [0.25, 0.3) is 0 Å². The molecule has 0 saturated heterocycles. The number of nitrogens with one attached hydrogen (secondary N) is 1. The molecule has 1 fully saturated rings. The molecule has 5 heteroatoms. The summed E-state index contributed by atoms with van der Waals surface area (Å²) in [4.78, 5) is 12.4. The molecule has 23 heavy (non-hydrogen) atoms. The quantitative estimate of drug-likeness (QED) is 0.821. The molecule has 130 valence electrons. The lowest BCUT2D eigenvalue weighted by Crippen LogP contribution is -2.36. The Kier molecular flexibility index (Phi) is 8.03. The summed E-state index contributed by atoms with van der Waals surface area (Å²) in [7, 11) is 1.68. The van der Waals surface area contributed by atoms with Gasteiger partial charge in [-0.15, -0.1) is 12.4 Å². The molecule has 0 aromatic heterocycles. The number of carbonyl (C=O) groups excluding carboxylic acids is 1. The van der Waals surface area contributed by atoms with Gasteiger partial charge in [-0.25, -0.2) is 0 Å². The maximum absolute atomic E-state index is 12.4. The molecular formula is C18H29ClN2O2. The Morgan fingerprint density at radius 1 is 1.35 bits per heavy atom. The van der Waals surface area contributed by atoms with Crippen LogP contribution in [-0.4, -0.2) is 19.6 Å². The van der Waals surface area contributed by atoms with E-state index in [0.717, 1.165) is 24.1 Å². The van der Waals surface area contributed by atoms with Gasteiger partial charge in [0.15, 0.2) is 0 Å². The predicted molar refractivity (Wildman–Crippen MR) is 96.9 cm³/mol. The molecule has 1 aromatic rings. The summed E-state index contributed by atoms with van der Waals surface area (Å²) >= 11 is 0. The molecule has 1 aromatic carbocycles. The number of carbonyl (C=O) groups is 1. The number of anilines is 1. The van der Waals surface area contributed by atoms with Crippen LogP contribution >= 0.6 is 12.4 Å². The summed E-state index contributed by atoms with van der Waals surface area (Å²) in [6.07, 6.45) is 6.31. The van der Waals surface area contributed by atoms with E-state index in [1.165, 1.54) is 19.3 Å². The Balaban J connectivity index is 0.00000264. The molecule has 1 aliphatic rings. The predicted octanol–water partition coefficient (Wildman–Crippen LogP) is 4.05. The van der Waals surface area contributed by atoms with E-state index in [1.807, 2.05) is 31.2 Å². The van der Waals surface area contributed by atoms with Gasteiger partial charge < -0.3 is 15.8 Å². The van der Waals surface area contributed by atoms with Crippen molar-refractivity contribution >= 4 is 24.0 Å². The zero-order valence-electron chi connectivity index (χ0n) is 14.1. The van der Waals surface area contributed by atoms with E-state index in [2.05, 4.69) is 5.32 Å². The molecule has 1 amide bonds. The third kappa shape index (κ3) is 5.48. The Labute approximate surface area is 145 Å². The summed E-state index contributed by atoms with van der Waals surface area (Å²) in [5.74, 6) is 0.0644. The number of methoxy groups -OCH3 is 1. The molecule has 0 heterocycles. The second-order valence-electron chi connectivity index (χ2n) is 6.49. The van der Waals surface area contributed by atoms with Crippen LogP contribution in [0.5, 0.6) is 0 Å². The summed E-state index contributed by atoms with van der Waals surface area (Å²) in [6, 6.07) is 7.84. The van der Waals surface area contributed by atoms with Crippen LogP contribution in [0.15, 0.2) is 24.3 Å². The van der Waals surface area contributed by atoms with Crippen molar-refractivity contribution < 1.29 is 9.53 Å². The molecule has 1 aliphatic carbocycles. The number of ether oxygens (including phenoxy) is 1. The van der Waals surface area contributed by atoms with E-state index >= 15 is 0 Å². The van der Waals surface area contributed by atoms with Crippen molar-refractivity contribution in [3.05, 3.63) is 29.8 Å². The number of hydrogen-bond acceptors (Lipinski definition) is 3. The lowest BCUT2D eigenvalue weighted by molar-refractivity contribution is -0.118. The molecule has 0 radical (unpaired) electrons. The second-order valence-corrected chi connectivity index (χ2v) is 6.49. The van der Waals surface area contributed by atoms with Crippen LogP contribution in [0.1, 0.15) is 57.1 Å². The van der Waals surface area contributed by atoms with Gasteiger partial charge in [0, 0.05) is 19.2 Å². The topological polar surface area (TPSA) is 64.3 Å². The number of amides is 1. The highest BCUT2D eigenvalue weighted by molar-refractivity contribution is 5.91. The van der Waals surface area contributed by atoms with Crippen molar-refractivity contribution in [3.8, 4) is 0 Å². The summed E-state index contributed by atoms with van der Waals surface area (Å²) < 4.78 is 5.32. The number of benzene rings is 1. The average Bonchev–Trinajstić information content (AvgIpc) is 2.55. The van der Waals surface area contributed by atoms with Crippen LogP contribution < -0.4 is 11.1 Å².